The zero-order valence-corrected chi connectivity index (χ0v) is 18.6. The summed E-state index contributed by atoms with van der Waals surface area (Å²) >= 11 is 0. The predicted molar refractivity (Wildman–Crippen MR) is 114 cm³/mol. The summed E-state index contributed by atoms with van der Waals surface area (Å²) in [7, 11) is -1.72. The molecule has 1 aliphatic rings. The summed E-state index contributed by atoms with van der Waals surface area (Å²) in [6.07, 6.45) is 1.58. The molecule has 0 bridgehead atoms. The molecule has 0 spiro atoms. The van der Waals surface area contributed by atoms with Crippen LogP contribution < -0.4 is 9.64 Å². The van der Waals surface area contributed by atoms with Gasteiger partial charge in [-0.1, -0.05) is 6.07 Å². The Morgan fingerprint density at radius 3 is 2.53 bits per heavy atom. The minimum atomic E-state index is -3.33. The lowest BCUT2D eigenvalue weighted by atomic mass is 10.1. The smallest absolute Gasteiger partial charge is 0.227 e. The molecule has 2 aromatic carbocycles. The zero-order valence-electron chi connectivity index (χ0n) is 17.8. The van der Waals surface area contributed by atoms with Crippen molar-refractivity contribution in [3.8, 4) is 5.75 Å². The zero-order chi connectivity index (χ0) is 23.5. The Hall–Kier alpha value is -3.01. The monoisotopic (exact) mass is 466 g/mol. The van der Waals surface area contributed by atoms with E-state index in [2.05, 4.69) is 0 Å². The summed E-state index contributed by atoms with van der Waals surface area (Å²) in [5.41, 5.74) is 0.0928. The number of anilines is 1. The number of nitrogens with zero attached hydrogens (tertiary/aromatic N) is 2. The molecule has 3 rings (SSSR count). The lowest BCUT2D eigenvalue weighted by Gasteiger charge is -2.21. The summed E-state index contributed by atoms with van der Waals surface area (Å²) in [5.74, 6) is -2.37. The Morgan fingerprint density at radius 1 is 1.19 bits per heavy atom. The number of rotatable bonds is 8. The molecule has 32 heavy (non-hydrogen) atoms. The highest BCUT2D eigenvalue weighted by Gasteiger charge is 2.36. The van der Waals surface area contributed by atoms with Gasteiger partial charge in [-0.2, -0.15) is 0 Å². The van der Waals surface area contributed by atoms with Gasteiger partial charge in [0.25, 0.3) is 0 Å². The van der Waals surface area contributed by atoms with Gasteiger partial charge in [0, 0.05) is 44.6 Å². The Labute approximate surface area is 185 Å². The van der Waals surface area contributed by atoms with Crippen LogP contribution in [0.25, 0.3) is 0 Å². The third kappa shape index (κ3) is 5.82. The van der Waals surface area contributed by atoms with Crippen molar-refractivity contribution >= 4 is 27.3 Å². The van der Waals surface area contributed by atoms with Crippen LogP contribution in [0.5, 0.6) is 5.75 Å². The largest absolute Gasteiger partial charge is 0.493 e. The lowest BCUT2D eigenvalue weighted by Crippen LogP contribution is -2.35. The van der Waals surface area contributed by atoms with Gasteiger partial charge in [-0.25, -0.2) is 17.2 Å². The SMILES string of the molecule is CN(CCCOc1cccc(S(C)(=O)=O)c1)C(=O)C1CC(=O)N(c2cc(F)cc(F)c2)C1. The van der Waals surface area contributed by atoms with Crippen LogP contribution in [0, 0.1) is 17.6 Å². The lowest BCUT2D eigenvalue weighted by molar-refractivity contribution is -0.134. The molecule has 1 atom stereocenters. The van der Waals surface area contributed by atoms with Crippen LogP contribution in [0.3, 0.4) is 0 Å². The van der Waals surface area contributed by atoms with E-state index in [1.807, 2.05) is 0 Å². The molecule has 1 aliphatic heterocycles. The number of hydrogen-bond donors (Lipinski definition) is 0. The van der Waals surface area contributed by atoms with Crippen LogP contribution in [-0.4, -0.2) is 58.1 Å². The first-order valence-corrected chi connectivity index (χ1v) is 11.9. The van der Waals surface area contributed by atoms with Crippen molar-refractivity contribution in [1.29, 1.82) is 0 Å². The maximum Gasteiger partial charge on any atom is 0.227 e. The van der Waals surface area contributed by atoms with Gasteiger partial charge in [-0.05, 0) is 36.8 Å². The average Bonchev–Trinajstić information content (AvgIpc) is 3.11. The third-order valence-corrected chi connectivity index (χ3v) is 6.26. The Morgan fingerprint density at radius 2 is 1.88 bits per heavy atom. The number of carbonyl (C=O) groups excluding carboxylic acids is 2. The highest BCUT2D eigenvalue weighted by atomic mass is 32.2. The van der Waals surface area contributed by atoms with Crippen molar-refractivity contribution in [2.75, 3.05) is 37.9 Å². The van der Waals surface area contributed by atoms with E-state index in [4.69, 9.17) is 4.74 Å². The number of carbonyl (C=O) groups is 2. The molecule has 7 nitrogen and oxygen atoms in total. The van der Waals surface area contributed by atoms with Gasteiger partial charge in [-0.3, -0.25) is 9.59 Å². The molecule has 10 heteroatoms. The fourth-order valence-corrected chi connectivity index (χ4v) is 4.18. The molecule has 0 aliphatic carbocycles. The molecule has 0 N–H and O–H groups in total. The number of hydrogen-bond acceptors (Lipinski definition) is 5. The van der Waals surface area contributed by atoms with Crippen LogP contribution >= 0.6 is 0 Å². The number of sulfone groups is 1. The van der Waals surface area contributed by atoms with Crippen LogP contribution in [0.2, 0.25) is 0 Å². The fraction of sp³-hybridized carbons (Fsp3) is 0.364. The number of ether oxygens (including phenoxy) is 1. The van der Waals surface area contributed by atoms with Crippen molar-refractivity contribution in [3.63, 3.8) is 0 Å². The molecule has 0 aromatic heterocycles. The second-order valence-electron chi connectivity index (χ2n) is 7.74. The molecule has 1 heterocycles. The quantitative estimate of drug-likeness (QED) is 0.559. The van der Waals surface area contributed by atoms with Crippen molar-refractivity contribution in [3.05, 3.63) is 54.1 Å². The van der Waals surface area contributed by atoms with Gasteiger partial charge in [0.15, 0.2) is 9.84 Å². The first kappa shape index (κ1) is 23.6. The standard InChI is InChI=1S/C22H24F2N2O5S/c1-25(7-4-8-31-19-5-3-6-20(13-19)32(2,29)30)22(28)15-9-21(27)26(14-15)18-11-16(23)10-17(24)12-18/h3,5-6,10-13,15H,4,7-9,14H2,1-2H3. The third-order valence-electron chi connectivity index (χ3n) is 5.15. The molecule has 2 amide bonds. The summed E-state index contributed by atoms with van der Waals surface area (Å²) in [4.78, 5) is 27.9. The van der Waals surface area contributed by atoms with E-state index in [1.165, 1.54) is 21.9 Å². The fourth-order valence-electron chi connectivity index (χ4n) is 3.53. The van der Waals surface area contributed by atoms with E-state index in [9.17, 15) is 26.8 Å². The summed E-state index contributed by atoms with van der Waals surface area (Å²) in [5, 5.41) is 0. The Balaban J connectivity index is 1.50. The number of halogens is 2. The highest BCUT2D eigenvalue weighted by molar-refractivity contribution is 7.90. The second-order valence-corrected chi connectivity index (χ2v) is 9.76. The predicted octanol–water partition coefficient (Wildman–Crippen LogP) is 2.65. The number of amides is 2. The second kappa shape index (κ2) is 9.64. The molecular weight excluding hydrogens is 442 g/mol. The minimum absolute atomic E-state index is 0.0317. The van der Waals surface area contributed by atoms with Crippen molar-refractivity contribution in [2.24, 2.45) is 5.92 Å². The average molecular weight is 467 g/mol. The molecule has 1 saturated heterocycles. The Bertz CT molecular complexity index is 1100. The Kier molecular flexibility index (Phi) is 7.12. The van der Waals surface area contributed by atoms with Crippen LogP contribution in [0.15, 0.2) is 47.4 Å². The normalized spacial score (nSPS) is 16.3. The molecule has 1 fully saturated rings. The van der Waals surface area contributed by atoms with E-state index in [0.717, 1.165) is 24.5 Å². The van der Waals surface area contributed by atoms with Crippen LogP contribution in [0.1, 0.15) is 12.8 Å². The highest BCUT2D eigenvalue weighted by Crippen LogP contribution is 2.27. The van der Waals surface area contributed by atoms with E-state index < -0.39 is 27.4 Å². The minimum Gasteiger partial charge on any atom is -0.493 e. The molecule has 0 saturated carbocycles. The van der Waals surface area contributed by atoms with Crippen LogP contribution in [0.4, 0.5) is 14.5 Å². The number of benzene rings is 2. The van der Waals surface area contributed by atoms with Crippen molar-refractivity contribution in [2.45, 2.75) is 17.7 Å². The van der Waals surface area contributed by atoms with Crippen molar-refractivity contribution in [1.82, 2.24) is 4.90 Å². The maximum atomic E-state index is 13.5. The van der Waals surface area contributed by atoms with Gasteiger partial charge in [0.05, 0.1) is 17.4 Å². The first-order chi connectivity index (χ1) is 15.0. The molecule has 172 valence electrons. The van der Waals surface area contributed by atoms with Crippen LogP contribution in [-0.2, 0) is 19.4 Å². The van der Waals surface area contributed by atoms with E-state index in [0.29, 0.717) is 18.7 Å². The van der Waals surface area contributed by atoms with Gasteiger partial charge in [-0.15, -0.1) is 0 Å². The van der Waals surface area contributed by atoms with Gasteiger partial charge < -0.3 is 14.5 Å². The van der Waals surface area contributed by atoms with E-state index in [-0.39, 0.29) is 42.0 Å². The summed E-state index contributed by atoms with van der Waals surface area (Å²) < 4.78 is 55.7. The van der Waals surface area contributed by atoms with E-state index in [1.54, 1.807) is 19.2 Å². The summed E-state index contributed by atoms with van der Waals surface area (Å²) in [6, 6.07) is 9.02. The van der Waals surface area contributed by atoms with E-state index >= 15 is 0 Å². The molecular formula is C22H24F2N2O5S. The van der Waals surface area contributed by atoms with Crippen molar-refractivity contribution < 1.29 is 31.5 Å². The maximum absolute atomic E-state index is 13.5. The molecule has 2 aromatic rings. The topological polar surface area (TPSA) is 84.0 Å². The van der Waals surface area contributed by atoms with Gasteiger partial charge in [0.1, 0.15) is 17.4 Å². The summed E-state index contributed by atoms with van der Waals surface area (Å²) in [6.45, 7) is 0.687. The molecule has 0 radical (unpaired) electrons. The van der Waals surface area contributed by atoms with Gasteiger partial charge >= 0.3 is 0 Å². The van der Waals surface area contributed by atoms with Gasteiger partial charge in [0.2, 0.25) is 11.8 Å². The first-order valence-electron chi connectivity index (χ1n) is 9.99. The molecule has 1 unspecified atom stereocenters.